The standard InChI is InChI=1S/C23H18ClN5O/c24-18-7-6-17-12-28-22(25)20(21(17)11-18)8-3-15-1-4-16(5-2-15)23(30)27-10-9-19-13-26-14-29-19/h1-2,4-7,11-14H,9-10H2,(H2,25,28)(H,26,29)(H,27,30). The number of nitrogen functional groups attached to an aromatic ring is 1. The number of carbonyl (C=O) groups is 1. The van der Waals surface area contributed by atoms with Gasteiger partial charge in [0.15, 0.2) is 0 Å². The van der Waals surface area contributed by atoms with Gasteiger partial charge in [-0.15, -0.1) is 0 Å². The fourth-order valence-corrected chi connectivity index (χ4v) is 3.18. The number of nitrogens with two attached hydrogens (primary N) is 1. The maximum Gasteiger partial charge on any atom is 0.251 e. The molecule has 2 aromatic heterocycles. The number of hydrogen-bond acceptors (Lipinski definition) is 4. The fraction of sp³-hybridized carbons (Fsp3) is 0.0870. The summed E-state index contributed by atoms with van der Waals surface area (Å²) in [4.78, 5) is 23.4. The predicted molar refractivity (Wildman–Crippen MR) is 118 cm³/mol. The molecule has 6 nitrogen and oxygen atoms in total. The zero-order valence-electron chi connectivity index (χ0n) is 15.9. The minimum absolute atomic E-state index is 0.133. The number of halogens is 1. The lowest BCUT2D eigenvalue weighted by Crippen LogP contribution is -2.25. The summed E-state index contributed by atoms with van der Waals surface area (Å²) in [6.45, 7) is 0.526. The number of pyridine rings is 1. The van der Waals surface area contributed by atoms with Crippen LogP contribution in [0.15, 0.2) is 61.2 Å². The molecule has 0 radical (unpaired) electrons. The van der Waals surface area contributed by atoms with Crippen LogP contribution in [0.4, 0.5) is 5.82 Å². The van der Waals surface area contributed by atoms with Crippen molar-refractivity contribution >= 4 is 34.1 Å². The van der Waals surface area contributed by atoms with E-state index in [1.54, 1.807) is 49.1 Å². The van der Waals surface area contributed by atoms with Crippen molar-refractivity contribution in [1.82, 2.24) is 20.3 Å². The second kappa shape index (κ2) is 8.68. The Bertz CT molecular complexity index is 1250. The molecule has 2 aromatic carbocycles. The van der Waals surface area contributed by atoms with Gasteiger partial charge in [-0.05, 0) is 36.4 Å². The number of aromatic amines is 1. The molecule has 0 saturated heterocycles. The van der Waals surface area contributed by atoms with Crippen molar-refractivity contribution in [2.45, 2.75) is 6.42 Å². The summed E-state index contributed by atoms with van der Waals surface area (Å²) in [5.41, 5.74) is 8.98. The van der Waals surface area contributed by atoms with E-state index in [9.17, 15) is 4.79 Å². The number of nitrogens with zero attached hydrogens (tertiary/aromatic N) is 2. The molecule has 4 N–H and O–H groups in total. The van der Waals surface area contributed by atoms with Crippen molar-refractivity contribution in [3.05, 3.63) is 88.6 Å². The van der Waals surface area contributed by atoms with Gasteiger partial charge >= 0.3 is 0 Å². The van der Waals surface area contributed by atoms with Gasteiger partial charge in [-0.2, -0.15) is 0 Å². The molecule has 0 spiro atoms. The predicted octanol–water partition coefficient (Wildman–Crippen LogP) is 3.57. The summed E-state index contributed by atoms with van der Waals surface area (Å²) < 4.78 is 0. The number of carbonyl (C=O) groups excluding carboxylic acids is 1. The van der Waals surface area contributed by atoms with Crippen LogP contribution in [-0.2, 0) is 6.42 Å². The molecule has 30 heavy (non-hydrogen) atoms. The first-order chi connectivity index (χ1) is 14.6. The third kappa shape index (κ3) is 4.43. The Labute approximate surface area is 178 Å². The lowest BCUT2D eigenvalue weighted by atomic mass is 10.1. The average molecular weight is 416 g/mol. The van der Waals surface area contributed by atoms with Gasteiger partial charge in [0, 0.05) is 58.0 Å². The van der Waals surface area contributed by atoms with Crippen LogP contribution >= 0.6 is 11.6 Å². The first-order valence-electron chi connectivity index (χ1n) is 9.31. The van der Waals surface area contributed by atoms with Crippen LogP contribution in [-0.4, -0.2) is 27.4 Å². The molecular weight excluding hydrogens is 398 g/mol. The van der Waals surface area contributed by atoms with E-state index in [0.717, 1.165) is 22.0 Å². The lowest BCUT2D eigenvalue weighted by molar-refractivity contribution is 0.0954. The molecule has 0 aliphatic rings. The van der Waals surface area contributed by atoms with Gasteiger partial charge in [0.2, 0.25) is 0 Å². The van der Waals surface area contributed by atoms with Gasteiger partial charge in [-0.3, -0.25) is 4.79 Å². The molecular formula is C23H18ClN5O. The van der Waals surface area contributed by atoms with Crippen molar-refractivity contribution in [3.63, 3.8) is 0 Å². The number of aromatic nitrogens is 3. The van der Waals surface area contributed by atoms with E-state index in [-0.39, 0.29) is 5.91 Å². The van der Waals surface area contributed by atoms with Crippen molar-refractivity contribution in [3.8, 4) is 11.8 Å². The van der Waals surface area contributed by atoms with Crippen molar-refractivity contribution in [1.29, 1.82) is 0 Å². The van der Waals surface area contributed by atoms with E-state index in [1.807, 2.05) is 12.1 Å². The number of amides is 1. The number of nitrogens with one attached hydrogen (secondary N) is 2. The molecule has 4 rings (SSSR count). The Kier molecular flexibility index (Phi) is 5.64. The van der Waals surface area contributed by atoms with E-state index < -0.39 is 0 Å². The summed E-state index contributed by atoms with van der Waals surface area (Å²) in [5.74, 6) is 6.40. The van der Waals surface area contributed by atoms with Crippen molar-refractivity contribution in [2.24, 2.45) is 0 Å². The third-order valence-electron chi connectivity index (χ3n) is 4.60. The summed E-state index contributed by atoms with van der Waals surface area (Å²) in [6, 6.07) is 12.6. The Hall–Kier alpha value is -3.82. The number of rotatable bonds is 4. The Morgan fingerprint density at radius 3 is 2.73 bits per heavy atom. The van der Waals surface area contributed by atoms with Crippen LogP contribution < -0.4 is 11.1 Å². The van der Waals surface area contributed by atoms with Gasteiger partial charge in [0.25, 0.3) is 5.91 Å². The highest BCUT2D eigenvalue weighted by atomic mass is 35.5. The van der Waals surface area contributed by atoms with Gasteiger partial charge in [-0.1, -0.05) is 29.5 Å². The zero-order valence-corrected chi connectivity index (χ0v) is 16.7. The van der Waals surface area contributed by atoms with Crippen LogP contribution in [0.2, 0.25) is 5.02 Å². The van der Waals surface area contributed by atoms with Gasteiger partial charge in [0.1, 0.15) is 5.82 Å². The molecule has 0 aliphatic heterocycles. The molecule has 0 saturated carbocycles. The van der Waals surface area contributed by atoms with Crippen LogP contribution in [0.5, 0.6) is 0 Å². The average Bonchev–Trinajstić information content (AvgIpc) is 3.27. The second-order valence-electron chi connectivity index (χ2n) is 6.66. The Morgan fingerprint density at radius 1 is 1.13 bits per heavy atom. The number of H-pyrrole nitrogens is 1. The smallest absolute Gasteiger partial charge is 0.251 e. The highest BCUT2D eigenvalue weighted by molar-refractivity contribution is 6.31. The van der Waals surface area contributed by atoms with E-state index >= 15 is 0 Å². The number of anilines is 1. The maximum atomic E-state index is 12.3. The summed E-state index contributed by atoms with van der Waals surface area (Å²) in [5, 5.41) is 5.27. The minimum Gasteiger partial charge on any atom is -0.383 e. The van der Waals surface area contributed by atoms with Crippen molar-refractivity contribution < 1.29 is 4.79 Å². The Morgan fingerprint density at radius 2 is 1.97 bits per heavy atom. The van der Waals surface area contributed by atoms with Crippen LogP contribution in [0.1, 0.15) is 27.2 Å². The van der Waals surface area contributed by atoms with E-state index in [2.05, 4.69) is 32.1 Å². The molecule has 4 aromatic rings. The molecule has 0 fully saturated rings. The van der Waals surface area contributed by atoms with E-state index in [4.69, 9.17) is 17.3 Å². The quantitative estimate of drug-likeness (QED) is 0.444. The zero-order chi connectivity index (χ0) is 20.9. The molecule has 2 heterocycles. The van der Waals surface area contributed by atoms with Crippen LogP contribution in [0.3, 0.4) is 0 Å². The third-order valence-corrected chi connectivity index (χ3v) is 4.83. The molecule has 0 unspecified atom stereocenters. The molecule has 148 valence electrons. The maximum absolute atomic E-state index is 12.3. The van der Waals surface area contributed by atoms with Gasteiger partial charge in [-0.25, -0.2) is 9.97 Å². The van der Waals surface area contributed by atoms with Gasteiger partial charge < -0.3 is 16.0 Å². The SMILES string of the molecule is Nc1ncc2ccc(Cl)cc2c1C#Cc1ccc(C(=O)NCCc2cnc[nH]2)cc1. The highest BCUT2D eigenvalue weighted by Crippen LogP contribution is 2.24. The largest absolute Gasteiger partial charge is 0.383 e. The van der Waals surface area contributed by atoms with Crippen LogP contribution in [0.25, 0.3) is 10.8 Å². The highest BCUT2D eigenvalue weighted by Gasteiger charge is 2.07. The number of benzene rings is 2. The van der Waals surface area contributed by atoms with E-state index in [1.165, 1.54) is 0 Å². The topological polar surface area (TPSA) is 96.7 Å². The first kappa shape index (κ1) is 19.5. The second-order valence-corrected chi connectivity index (χ2v) is 7.10. The fourth-order valence-electron chi connectivity index (χ4n) is 3.00. The molecule has 0 aliphatic carbocycles. The van der Waals surface area contributed by atoms with Crippen molar-refractivity contribution in [2.75, 3.05) is 12.3 Å². The minimum atomic E-state index is -0.133. The summed E-state index contributed by atoms with van der Waals surface area (Å²) >= 11 is 6.12. The number of imidazole rings is 1. The molecule has 1 amide bonds. The number of hydrogen-bond donors (Lipinski definition) is 3. The Balaban J connectivity index is 1.48. The van der Waals surface area contributed by atoms with Crippen LogP contribution in [0, 0.1) is 11.8 Å². The monoisotopic (exact) mass is 415 g/mol. The van der Waals surface area contributed by atoms with E-state index in [0.29, 0.717) is 34.9 Å². The lowest BCUT2D eigenvalue weighted by Gasteiger charge is -2.05. The normalized spacial score (nSPS) is 10.4. The molecule has 0 bridgehead atoms. The first-order valence-corrected chi connectivity index (χ1v) is 9.69. The molecule has 0 atom stereocenters. The summed E-state index contributed by atoms with van der Waals surface area (Å²) in [7, 11) is 0. The number of fused-ring (bicyclic) bond motifs is 1. The van der Waals surface area contributed by atoms with Gasteiger partial charge in [0.05, 0.1) is 11.9 Å². The summed E-state index contributed by atoms with van der Waals surface area (Å²) in [6.07, 6.45) is 5.75. The molecule has 7 heteroatoms.